The maximum atomic E-state index is 15.5. The minimum Gasteiger partial charge on any atom is -0.496 e. The summed E-state index contributed by atoms with van der Waals surface area (Å²) < 4.78 is 93.8. The summed E-state index contributed by atoms with van der Waals surface area (Å²) in [5, 5.41) is 6.46. The number of alkyl halides is 1. The number of anilines is 2. The third-order valence-electron chi connectivity index (χ3n) is 7.21. The molecule has 2 aromatic carbocycles. The number of piperidine rings is 1. The van der Waals surface area contributed by atoms with Crippen LogP contribution in [0.25, 0.3) is 22.2 Å². The van der Waals surface area contributed by atoms with E-state index in [1.54, 1.807) is 18.6 Å². The zero-order valence-corrected chi connectivity index (χ0v) is 25.9. The zero-order chi connectivity index (χ0) is 32.6. The number of fused-ring (bicyclic) bond motifs is 1. The number of rotatable bonds is 9. The lowest BCUT2D eigenvalue weighted by Gasteiger charge is -2.26. The van der Waals surface area contributed by atoms with Gasteiger partial charge in [-0.1, -0.05) is 11.6 Å². The molecule has 4 aromatic rings. The molecule has 0 unspecified atom stereocenters. The van der Waals surface area contributed by atoms with Crippen molar-refractivity contribution in [2.75, 3.05) is 30.2 Å². The van der Waals surface area contributed by atoms with Crippen molar-refractivity contribution >= 4 is 44.3 Å². The second-order valence-electron chi connectivity index (χ2n) is 10.9. The zero-order valence-electron chi connectivity index (χ0n) is 24.3. The molecule has 2 aromatic heterocycles. The molecule has 0 radical (unpaired) electrons. The summed E-state index contributed by atoms with van der Waals surface area (Å²) in [7, 11) is -3.19. The predicted molar refractivity (Wildman–Crippen MR) is 164 cm³/mol. The van der Waals surface area contributed by atoms with Crippen LogP contribution in [-0.4, -0.2) is 55.4 Å². The summed E-state index contributed by atoms with van der Waals surface area (Å²) >= 11 is 5.95. The van der Waals surface area contributed by atoms with Gasteiger partial charge in [-0.15, -0.1) is 0 Å². The van der Waals surface area contributed by atoms with Gasteiger partial charge in [0.25, 0.3) is 5.56 Å². The van der Waals surface area contributed by atoms with Gasteiger partial charge in [0.05, 0.1) is 18.4 Å². The molecule has 1 aliphatic rings. The van der Waals surface area contributed by atoms with Gasteiger partial charge < -0.3 is 15.4 Å². The lowest BCUT2D eigenvalue weighted by Crippen LogP contribution is -2.44. The van der Waals surface area contributed by atoms with Crippen molar-refractivity contribution in [2.45, 2.75) is 44.3 Å². The third kappa shape index (κ3) is 6.84. The van der Waals surface area contributed by atoms with Crippen LogP contribution in [0.4, 0.5) is 29.2 Å². The molecule has 0 amide bonds. The highest BCUT2D eigenvalue weighted by Crippen LogP contribution is 2.33. The quantitative estimate of drug-likeness (QED) is 0.165. The van der Waals surface area contributed by atoms with Crippen molar-refractivity contribution in [1.82, 2.24) is 19.9 Å². The van der Waals surface area contributed by atoms with Crippen LogP contribution in [0.15, 0.2) is 41.3 Å². The molecule has 1 fully saturated rings. The Kier molecular flexibility index (Phi) is 9.23. The Labute approximate surface area is 260 Å². The van der Waals surface area contributed by atoms with E-state index in [9.17, 15) is 17.6 Å². The lowest BCUT2D eigenvalue weighted by atomic mass is 10.0. The van der Waals surface area contributed by atoms with Crippen LogP contribution in [0, 0.1) is 17.5 Å². The van der Waals surface area contributed by atoms with E-state index >= 15 is 13.2 Å². The fraction of sp³-hybridized carbons (Fsp3) is 0.345. The fourth-order valence-corrected chi connectivity index (χ4v) is 6.58. The number of nitrogens with one attached hydrogen (secondary N) is 3. The second kappa shape index (κ2) is 12.8. The lowest BCUT2D eigenvalue weighted by molar-refractivity contribution is 0.254. The molecular formula is C29H29ClF4N6O4S. The van der Waals surface area contributed by atoms with E-state index in [4.69, 9.17) is 16.3 Å². The van der Waals surface area contributed by atoms with E-state index in [1.807, 2.05) is 0 Å². The van der Waals surface area contributed by atoms with Gasteiger partial charge in [-0.3, -0.25) is 14.1 Å². The molecule has 3 N–H and O–H groups in total. The van der Waals surface area contributed by atoms with Crippen LogP contribution in [0.5, 0.6) is 5.75 Å². The molecule has 10 nitrogen and oxygen atoms in total. The summed E-state index contributed by atoms with van der Waals surface area (Å²) in [5.41, 5.74) is -2.92. The van der Waals surface area contributed by atoms with Gasteiger partial charge in [0, 0.05) is 59.3 Å². The first kappa shape index (κ1) is 32.4. The summed E-state index contributed by atoms with van der Waals surface area (Å²) in [6, 6.07) is 5.13. The topological polar surface area (TPSA) is 127 Å². The first-order chi connectivity index (χ1) is 21.3. The van der Waals surface area contributed by atoms with Gasteiger partial charge in [-0.25, -0.2) is 31.0 Å². The molecule has 0 bridgehead atoms. The summed E-state index contributed by atoms with van der Waals surface area (Å²) in [4.78, 5) is 22.3. The van der Waals surface area contributed by atoms with Crippen molar-refractivity contribution in [3.63, 3.8) is 0 Å². The molecule has 0 aliphatic carbocycles. The Bertz CT molecular complexity index is 1940. The van der Waals surface area contributed by atoms with Gasteiger partial charge >= 0.3 is 0 Å². The Morgan fingerprint density at radius 2 is 1.89 bits per heavy atom. The SMILES string of the molecule is COc1ccc(Cl)cc1CS(=O)(=O)Nc1c(F)cc(-c2cc3cnc(N[C@@H]4CNC[C@@H](F)C4)nc3n(C(C)C)c2=O)c(F)c1F. The number of aromatic nitrogens is 3. The molecule has 3 heterocycles. The van der Waals surface area contributed by atoms with E-state index < -0.39 is 67.8 Å². The van der Waals surface area contributed by atoms with Gasteiger partial charge in [0.15, 0.2) is 17.5 Å². The molecule has 1 aliphatic heterocycles. The molecular weight excluding hydrogens is 640 g/mol. The fourth-order valence-electron chi connectivity index (χ4n) is 5.18. The highest BCUT2D eigenvalue weighted by Gasteiger charge is 2.27. The van der Waals surface area contributed by atoms with Crippen LogP contribution >= 0.6 is 11.6 Å². The minimum absolute atomic E-state index is 0.100. The van der Waals surface area contributed by atoms with Crippen LogP contribution in [0.1, 0.15) is 31.9 Å². The summed E-state index contributed by atoms with van der Waals surface area (Å²) in [6.07, 6.45) is 0.547. The minimum atomic E-state index is -4.50. The third-order valence-corrected chi connectivity index (χ3v) is 8.66. The van der Waals surface area contributed by atoms with Gasteiger partial charge in [-0.05, 0) is 44.2 Å². The Hall–Kier alpha value is -3.95. The number of hydrogen-bond donors (Lipinski definition) is 3. The van der Waals surface area contributed by atoms with E-state index in [1.165, 1.54) is 42.1 Å². The highest BCUT2D eigenvalue weighted by atomic mass is 35.5. The smallest absolute Gasteiger partial charge is 0.260 e. The number of benzene rings is 2. The molecule has 5 rings (SSSR count). The van der Waals surface area contributed by atoms with Gasteiger partial charge in [-0.2, -0.15) is 4.98 Å². The average Bonchev–Trinajstić information content (AvgIpc) is 2.97. The maximum absolute atomic E-state index is 15.5. The molecule has 0 spiro atoms. The van der Waals surface area contributed by atoms with Crippen LogP contribution in [-0.2, 0) is 15.8 Å². The van der Waals surface area contributed by atoms with Crippen LogP contribution in [0.2, 0.25) is 5.02 Å². The highest BCUT2D eigenvalue weighted by molar-refractivity contribution is 7.91. The number of hydrogen-bond acceptors (Lipinski definition) is 8. The Balaban J connectivity index is 1.52. The largest absolute Gasteiger partial charge is 0.496 e. The monoisotopic (exact) mass is 668 g/mol. The van der Waals surface area contributed by atoms with Crippen molar-refractivity contribution in [3.05, 3.63) is 74.9 Å². The number of sulfonamides is 1. The van der Waals surface area contributed by atoms with Crippen molar-refractivity contribution < 1.29 is 30.7 Å². The van der Waals surface area contributed by atoms with E-state index in [0.29, 0.717) is 12.6 Å². The maximum Gasteiger partial charge on any atom is 0.260 e. The van der Waals surface area contributed by atoms with E-state index in [2.05, 4.69) is 20.6 Å². The van der Waals surface area contributed by atoms with E-state index in [0.717, 1.165) is 0 Å². The van der Waals surface area contributed by atoms with Crippen molar-refractivity contribution in [1.29, 1.82) is 0 Å². The number of nitrogens with zero attached hydrogens (tertiary/aromatic N) is 3. The average molecular weight is 669 g/mol. The van der Waals surface area contributed by atoms with Crippen LogP contribution < -0.4 is 25.7 Å². The summed E-state index contributed by atoms with van der Waals surface area (Å²) in [6.45, 7) is 4.07. The molecule has 0 saturated carbocycles. The van der Waals surface area contributed by atoms with Gasteiger partial charge in [0.1, 0.15) is 23.3 Å². The van der Waals surface area contributed by atoms with E-state index in [-0.39, 0.29) is 52.3 Å². The first-order valence-electron chi connectivity index (χ1n) is 13.8. The Morgan fingerprint density at radius 3 is 2.58 bits per heavy atom. The molecule has 240 valence electrons. The number of halogens is 5. The van der Waals surface area contributed by atoms with Crippen molar-refractivity contribution in [2.24, 2.45) is 0 Å². The molecule has 2 atom stereocenters. The number of pyridine rings is 1. The normalized spacial score (nSPS) is 17.1. The number of ether oxygens (including phenoxy) is 1. The number of methoxy groups -OCH3 is 1. The van der Waals surface area contributed by atoms with Gasteiger partial charge in [0.2, 0.25) is 16.0 Å². The van der Waals surface area contributed by atoms with Crippen molar-refractivity contribution in [3.8, 4) is 16.9 Å². The standard InChI is InChI=1S/C29H29ClF4N6O4S/c1-14(2)40-27-15(10-36-29(38-27)37-19-8-18(31)11-35-12-19)7-21(28(40)41)20-9-22(32)26(25(34)24(20)33)39-45(42,43)13-16-6-17(30)4-5-23(16)44-3/h4-7,9-10,14,18-19,35,39H,8,11-13H2,1-3H3,(H,36,37,38)/t18-,19-/m0/s1. The second-order valence-corrected chi connectivity index (χ2v) is 13.0. The van der Waals surface area contributed by atoms with Crippen LogP contribution in [0.3, 0.4) is 0 Å². The summed E-state index contributed by atoms with van der Waals surface area (Å²) in [5.74, 6) is -5.43. The predicted octanol–water partition coefficient (Wildman–Crippen LogP) is 5.17. The first-order valence-corrected chi connectivity index (χ1v) is 15.8. The molecule has 45 heavy (non-hydrogen) atoms. The Morgan fingerprint density at radius 1 is 1.13 bits per heavy atom. The molecule has 1 saturated heterocycles. The molecule has 16 heteroatoms.